The summed E-state index contributed by atoms with van der Waals surface area (Å²) in [5.41, 5.74) is 1.80. The monoisotopic (exact) mass is 385 g/mol. The van der Waals surface area contributed by atoms with Crippen LogP contribution in [0.2, 0.25) is 0 Å². The van der Waals surface area contributed by atoms with Gasteiger partial charge in [0, 0.05) is 6.42 Å². The summed E-state index contributed by atoms with van der Waals surface area (Å²) in [6, 6.07) is 15.8. The topological polar surface area (TPSA) is 95.9 Å². The van der Waals surface area contributed by atoms with E-state index in [0.29, 0.717) is 12.4 Å². The van der Waals surface area contributed by atoms with Gasteiger partial charge in [0.15, 0.2) is 0 Å². The van der Waals surface area contributed by atoms with Gasteiger partial charge in [-0.05, 0) is 35.6 Å². The number of nitrogens with one attached hydrogen (secondary N) is 1. The minimum absolute atomic E-state index is 0.119. The Labute approximate surface area is 165 Å². The fourth-order valence-corrected chi connectivity index (χ4v) is 2.72. The quantitative estimate of drug-likeness (QED) is 0.584. The normalized spacial score (nSPS) is 13.0. The maximum atomic E-state index is 12.0. The number of carbonyl (C=O) groups excluding carboxylic acids is 1. The first-order chi connectivity index (χ1) is 13.3. The van der Waals surface area contributed by atoms with E-state index < -0.39 is 24.0 Å². The summed E-state index contributed by atoms with van der Waals surface area (Å²) in [5.74, 6) is -0.998. The molecule has 2 aromatic carbocycles. The molecule has 0 radical (unpaired) electrons. The van der Waals surface area contributed by atoms with Crippen LogP contribution in [0.1, 0.15) is 31.4 Å². The highest BCUT2D eigenvalue weighted by molar-refractivity contribution is 5.86. The lowest BCUT2D eigenvalue weighted by Crippen LogP contribution is -2.46. The van der Waals surface area contributed by atoms with Gasteiger partial charge in [-0.15, -0.1) is 0 Å². The zero-order valence-electron chi connectivity index (χ0n) is 16.2. The second kappa shape index (κ2) is 10.5. The molecule has 150 valence electrons. The van der Waals surface area contributed by atoms with Crippen LogP contribution in [0.4, 0.5) is 0 Å². The predicted molar refractivity (Wildman–Crippen MR) is 106 cm³/mol. The minimum atomic E-state index is -1.21. The van der Waals surface area contributed by atoms with Crippen molar-refractivity contribution in [1.82, 2.24) is 5.32 Å². The molecule has 0 bridgehead atoms. The van der Waals surface area contributed by atoms with Gasteiger partial charge in [0.25, 0.3) is 0 Å². The highest BCUT2D eigenvalue weighted by atomic mass is 16.5. The molecule has 0 saturated heterocycles. The van der Waals surface area contributed by atoms with Crippen molar-refractivity contribution in [3.63, 3.8) is 0 Å². The number of rotatable bonds is 10. The van der Waals surface area contributed by atoms with Crippen LogP contribution in [0, 0.1) is 5.92 Å². The van der Waals surface area contributed by atoms with Gasteiger partial charge in [-0.2, -0.15) is 0 Å². The third kappa shape index (κ3) is 7.04. The number of aliphatic hydroxyl groups is 1. The summed E-state index contributed by atoms with van der Waals surface area (Å²) in [6.45, 7) is 4.21. The van der Waals surface area contributed by atoms with Crippen molar-refractivity contribution in [2.24, 2.45) is 5.92 Å². The van der Waals surface area contributed by atoms with E-state index in [1.54, 1.807) is 24.3 Å². The number of carboxylic acids is 1. The lowest BCUT2D eigenvalue weighted by atomic mass is 10.0. The number of benzene rings is 2. The van der Waals surface area contributed by atoms with Gasteiger partial charge in [0.1, 0.15) is 24.5 Å². The molecule has 6 nitrogen and oxygen atoms in total. The Kier molecular flexibility index (Phi) is 8.02. The Morgan fingerprint density at radius 2 is 1.64 bits per heavy atom. The van der Waals surface area contributed by atoms with Crippen molar-refractivity contribution in [3.8, 4) is 5.75 Å². The van der Waals surface area contributed by atoms with Gasteiger partial charge in [-0.3, -0.25) is 4.79 Å². The molecule has 0 aliphatic heterocycles. The van der Waals surface area contributed by atoms with Crippen LogP contribution in [0.15, 0.2) is 54.6 Å². The molecule has 0 spiro atoms. The maximum Gasteiger partial charge on any atom is 0.326 e. The summed E-state index contributed by atoms with van der Waals surface area (Å²) in [4.78, 5) is 23.5. The molecule has 28 heavy (non-hydrogen) atoms. The molecule has 0 aromatic heterocycles. The van der Waals surface area contributed by atoms with E-state index in [1.165, 1.54) is 0 Å². The molecular weight excluding hydrogens is 358 g/mol. The number of amides is 1. The number of ether oxygens (including phenoxy) is 1. The van der Waals surface area contributed by atoms with Crippen LogP contribution in [0.25, 0.3) is 0 Å². The van der Waals surface area contributed by atoms with E-state index >= 15 is 0 Å². The molecular formula is C22H27NO5. The molecule has 0 aliphatic carbocycles. The molecule has 1 amide bonds. The smallest absolute Gasteiger partial charge is 0.326 e. The Balaban J connectivity index is 1.92. The lowest BCUT2D eigenvalue weighted by Gasteiger charge is -2.18. The third-order valence-corrected chi connectivity index (χ3v) is 4.22. The van der Waals surface area contributed by atoms with E-state index in [9.17, 15) is 19.8 Å². The zero-order chi connectivity index (χ0) is 20.5. The lowest BCUT2D eigenvalue weighted by molar-refractivity contribution is -0.143. The molecule has 0 unspecified atom stereocenters. The number of aliphatic hydroxyl groups excluding tert-OH is 1. The second-order valence-electron chi connectivity index (χ2n) is 7.17. The Bertz CT molecular complexity index is 758. The van der Waals surface area contributed by atoms with Crippen molar-refractivity contribution in [2.75, 3.05) is 0 Å². The van der Waals surface area contributed by atoms with Gasteiger partial charge in [-0.1, -0.05) is 56.3 Å². The first-order valence-corrected chi connectivity index (χ1v) is 9.32. The van der Waals surface area contributed by atoms with Crippen LogP contribution in [0.5, 0.6) is 5.75 Å². The minimum Gasteiger partial charge on any atom is -0.489 e. The largest absolute Gasteiger partial charge is 0.489 e. The maximum absolute atomic E-state index is 12.0. The third-order valence-electron chi connectivity index (χ3n) is 4.22. The first-order valence-electron chi connectivity index (χ1n) is 9.32. The second-order valence-corrected chi connectivity index (χ2v) is 7.17. The van der Waals surface area contributed by atoms with Gasteiger partial charge in [0.05, 0.1) is 0 Å². The zero-order valence-corrected chi connectivity index (χ0v) is 16.2. The number of hydrogen-bond acceptors (Lipinski definition) is 4. The van der Waals surface area contributed by atoms with E-state index in [0.717, 1.165) is 11.1 Å². The molecule has 3 N–H and O–H groups in total. The highest BCUT2D eigenvalue weighted by Crippen LogP contribution is 2.16. The summed E-state index contributed by atoms with van der Waals surface area (Å²) in [5, 5.41) is 21.7. The molecule has 2 atom stereocenters. The van der Waals surface area contributed by atoms with Gasteiger partial charge in [-0.25, -0.2) is 4.79 Å². The van der Waals surface area contributed by atoms with Crippen LogP contribution in [-0.2, 0) is 22.6 Å². The number of carboxylic acid groups (broad SMARTS) is 1. The van der Waals surface area contributed by atoms with E-state index in [1.807, 2.05) is 44.2 Å². The highest BCUT2D eigenvalue weighted by Gasteiger charge is 2.24. The Morgan fingerprint density at radius 3 is 2.21 bits per heavy atom. The van der Waals surface area contributed by atoms with Crippen molar-refractivity contribution in [1.29, 1.82) is 0 Å². The summed E-state index contributed by atoms with van der Waals surface area (Å²) < 4.78 is 5.71. The SMILES string of the molecule is CC(C)C[C@H](O)C(=O)N[C@@H](Cc1ccc(OCc2ccccc2)cc1)C(=O)O. The molecule has 2 rings (SSSR count). The van der Waals surface area contributed by atoms with E-state index in [-0.39, 0.29) is 18.8 Å². The average molecular weight is 385 g/mol. The van der Waals surface area contributed by atoms with E-state index in [4.69, 9.17) is 4.74 Å². The standard InChI is InChI=1S/C22H27NO5/c1-15(2)12-20(24)21(25)23-19(22(26)27)13-16-8-10-18(11-9-16)28-14-17-6-4-3-5-7-17/h3-11,15,19-20,24H,12-14H2,1-2H3,(H,23,25)(H,26,27)/t19-,20-/m0/s1. The molecule has 0 aliphatic rings. The summed E-state index contributed by atoms with van der Waals surface area (Å²) >= 11 is 0. The molecule has 6 heteroatoms. The fraction of sp³-hybridized carbons (Fsp3) is 0.364. The van der Waals surface area contributed by atoms with Crippen molar-refractivity contribution >= 4 is 11.9 Å². The Hall–Kier alpha value is -2.86. The van der Waals surface area contributed by atoms with Gasteiger partial charge < -0.3 is 20.3 Å². The van der Waals surface area contributed by atoms with Crippen LogP contribution in [0.3, 0.4) is 0 Å². The molecule has 0 heterocycles. The van der Waals surface area contributed by atoms with Gasteiger partial charge >= 0.3 is 5.97 Å². The molecule has 2 aromatic rings. The van der Waals surface area contributed by atoms with Crippen molar-refractivity contribution in [3.05, 3.63) is 65.7 Å². The number of aliphatic carboxylic acids is 1. The van der Waals surface area contributed by atoms with E-state index in [2.05, 4.69) is 5.32 Å². The molecule has 0 saturated carbocycles. The fourth-order valence-electron chi connectivity index (χ4n) is 2.72. The van der Waals surface area contributed by atoms with Crippen molar-refractivity contribution in [2.45, 2.75) is 45.4 Å². The first kappa shape index (κ1) is 21.4. The predicted octanol–water partition coefficient (Wildman–Crippen LogP) is 2.78. The Morgan fingerprint density at radius 1 is 1.00 bits per heavy atom. The summed E-state index contributed by atoms with van der Waals surface area (Å²) in [6.07, 6.45) is -0.810. The van der Waals surface area contributed by atoms with Crippen molar-refractivity contribution < 1.29 is 24.5 Å². The average Bonchev–Trinajstić information content (AvgIpc) is 2.67. The van der Waals surface area contributed by atoms with Crippen LogP contribution in [-0.4, -0.2) is 34.2 Å². The molecule has 0 fully saturated rings. The van der Waals surface area contributed by atoms with Crippen LogP contribution >= 0.6 is 0 Å². The van der Waals surface area contributed by atoms with Crippen LogP contribution < -0.4 is 10.1 Å². The number of hydrogen-bond donors (Lipinski definition) is 3. The van der Waals surface area contributed by atoms with Gasteiger partial charge in [0.2, 0.25) is 5.91 Å². The number of carbonyl (C=O) groups is 2. The summed E-state index contributed by atoms with van der Waals surface area (Å²) in [7, 11) is 0.